The topological polar surface area (TPSA) is 53.6 Å². The van der Waals surface area contributed by atoms with E-state index in [4.69, 9.17) is 0 Å². The molecule has 0 bridgehead atoms. The van der Waals surface area contributed by atoms with Crippen LogP contribution in [0.4, 0.5) is 5.95 Å². The minimum absolute atomic E-state index is 0. The Kier molecular flexibility index (Phi) is 4.36. The number of nitrogens with zero attached hydrogens (tertiary/aromatic N) is 2. The van der Waals surface area contributed by atoms with E-state index in [0.717, 1.165) is 17.3 Å². The quantitative estimate of drug-likeness (QED) is 0.682. The summed E-state index contributed by atoms with van der Waals surface area (Å²) in [7, 11) is 0. The second-order valence-corrected chi connectivity index (χ2v) is 6.28. The Morgan fingerprint density at radius 3 is 2.86 bits per heavy atom. The lowest BCUT2D eigenvalue weighted by molar-refractivity contribution is 0.589. The van der Waals surface area contributed by atoms with E-state index in [2.05, 4.69) is 54.4 Å². The van der Waals surface area contributed by atoms with Gasteiger partial charge in [0.25, 0.3) is 0 Å². The van der Waals surface area contributed by atoms with Crippen molar-refractivity contribution in [2.75, 3.05) is 5.32 Å². The highest BCUT2D eigenvalue weighted by atomic mass is 79.9. The average molecular weight is 380 g/mol. The van der Waals surface area contributed by atoms with Gasteiger partial charge in [0.2, 0.25) is 5.95 Å². The Hall–Kier alpha value is -1.59. The number of rotatable bonds is 2. The molecule has 1 aromatic carbocycles. The molecule has 0 saturated heterocycles. The summed E-state index contributed by atoms with van der Waals surface area (Å²) in [5, 5.41) is 4.77. The molecule has 0 saturated carbocycles. The number of hydrogen-bond donors (Lipinski definition) is 2. The predicted octanol–water partition coefficient (Wildman–Crippen LogP) is 4.63. The molecule has 2 heterocycles. The first-order valence-corrected chi connectivity index (χ1v) is 7.94. The maximum Gasteiger partial charge on any atom is 0.223 e. The maximum absolute atomic E-state index is 4.27. The summed E-state index contributed by atoms with van der Waals surface area (Å²) in [5.41, 5.74) is 3.90. The van der Waals surface area contributed by atoms with Gasteiger partial charge in [0.15, 0.2) is 0 Å². The van der Waals surface area contributed by atoms with Crippen molar-refractivity contribution in [2.45, 2.75) is 25.3 Å². The Morgan fingerprint density at radius 2 is 2.05 bits per heavy atom. The summed E-state index contributed by atoms with van der Waals surface area (Å²) in [4.78, 5) is 12.1. The fourth-order valence-corrected chi connectivity index (χ4v) is 3.47. The number of benzene rings is 1. The van der Waals surface area contributed by atoms with Crippen molar-refractivity contribution in [1.82, 2.24) is 15.0 Å². The van der Waals surface area contributed by atoms with Crippen LogP contribution in [-0.2, 0) is 6.42 Å². The monoisotopic (exact) mass is 378 g/mol. The van der Waals surface area contributed by atoms with Crippen molar-refractivity contribution in [3.63, 3.8) is 0 Å². The number of hydrogen-bond acceptors (Lipinski definition) is 3. The Bertz CT molecular complexity index is 787. The highest BCUT2D eigenvalue weighted by Crippen LogP contribution is 2.36. The molecule has 6 heteroatoms. The van der Waals surface area contributed by atoms with Gasteiger partial charge in [-0.2, -0.15) is 0 Å². The predicted molar refractivity (Wildman–Crippen MR) is 94.6 cm³/mol. The third-order valence-electron chi connectivity index (χ3n) is 4.04. The van der Waals surface area contributed by atoms with E-state index in [-0.39, 0.29) is 18.4 Å². The molecule has 3 aromatic rings. The van der Waals surface area contributed by atoms with Crippen molar-refractivity contribution in [2.24, 2.45) is 0 Å². The van der Waals surface area contributed by atoms with Crippen LogP contribution in [0.15, 0.2) is 41.1 Å². The van der Waals surface area contributed by atoms with Gasteiger partial charge < -0.3 is 10.3 Å². The zero-order valence-corrected chi connectivity index (χ0v) is 14.2. The molecule has 1 unspecified atom stereocenters. The summed E-state index contributed by atoms with van der Waals surface area (Å²) in [6.45, 7) is 0. The smallest absolute Gasteiger partial charge is 0.223 e. The third kappa shape index (κ3) is 2.71. The Labute approximate surface area is 143 Å². The number of nitrogens with one attached hydrogen (secondary N) is 2. The first-order chi connectivity index (χ1) is 10.3. The number of H-pyrrole nitrogens is 1. The first kappa shape index (κ1) is 15.3. The lowest BCUT2D eigenvalue weighted by atomic mass is 9.92. The minimum atomic E-state index is 0. The zero-order chi connectivity index (χ0) is 14.2. The second-order valence-electron chi connectivity index (χ2n) is 5.37. The SMILES string of the molecule is Brc1ccc2[nH]c3c(c2c1)CCCC3Nc1ncccn1.Cl. The molecule has 0 radical (unpaired) electrons. The molecule has 0 fully saturated rings. The van der Waals surface area contributed by atoms with Gasteiger partial charge in [-0.25, -0.2) is 9.97 Å². The molecule has 2 aromatic heterocycles. The number of aromatic amines is 1. The molecule has 114 valence electrons. The van der Waals surface area contributed by atoms with Crippen LogP contribution in [0.5, 0.6) is 0 Å². The number of aromatic nitrogens is 3. The van der Waals surface area contributed by atoms with Crippen LogP contribution in [-0.4, -0.2) is 15.0 Å². The largest absolute Gasteiger partial charge is 0.356 e. The van der Waals surface area contributed by atoms with Crippen LogP contribution in [0.2, 0.25) is 0 Å². The van der Waals surface area contributed by atoms with Crippen LogP contribution in [0.3, 0.4) is 0 Å². The molecular formula is C16H16BrClN4. The van der Waals surface area contributed by atoms with Gasteiger partial charge in [-0.05, 0) is 49.1 Å². The second kappa shape index (κ2) is 6.26. The molecule has 22 heavy (non-hydrogen) atoms. The van der Waals surface area contributed by atoms with E-state index in [9.17, 15) is 0 Å². The molecule has 1 aliphatic carbocycles. The van der Waals surface area contributed by atoms with Crippen LogP contribution in [0, 0.1) is 0 Å². The third-order valence-corrected chi connectivity index (χ3v) is 4.53. The molecule has 4 rings (SSSR count). The Balaban J connectivity index is 0.00000144. The highest BCUT2D eigenvalue weighted by Gasteiger charge is 2.24. The van der Waals surface area contributed by atoms with Crippen molar-refractivity contribution >= 4 is 45.2 Å². The molecule has 0 spiro atoms. The number of halogens is 2. The van der Waals surface area contributed by atoms with Gasteiger partial charge in [0, 0.05) is 33.5 Å². The fourth-order valence-electron chi connectivity index (χ4n) is 3.11. The van der Waals surface area contributed by atoms with Gasteiger partial charge in [-0.1, -0.05) is 15.9 Å². The molecule has 4 nitrogen and oxygen atoms in total. The summed E-state index contributed by atoms with van der Waals surface area (Å²) in [5.74, 6) is 0.690. The zero-order valence-electron chi connectivity index (χ0n) is 11.8. The minimum Gasteiger partial charge on any atom is -0.356 e. The van der Waals surface area contributed by atoms with Gasteiger partial charge >= 0.3 is 0 Å². The number of fused-ring (bicyclic) bond motifs is 3. The average Bonchev–Trinajstić information content (AvgIpc) is 2.88. The summed E-state index contributed by atoms with van der Waals surface area (Å²) in [6.07, 6.45) is 6.93. The van der Waals surface area contributed by atoms with Gasteiger partial charge in [0.05, 0.1) is 6.04 Å². The molecule has 2 N–H and O–H groups in total. The van der Waals surface area contributed by atoms with Crippen LogP contribution in [0.1, 0.15) is 30.1 Å². The van der Waals surface area contributed by atoms with E-state index >= 15 is 0 Å². The normalized spacial score (nSPS) is 16.9. The van der Waals surface area contributed by atoms with Crippen molar-refractivity contribution < 1.29 is 0 Å². The summed E-state index contributed by atoms with van der Waals surface area (Å²) >= 11 is 3.56. The van der Waals surface area contributed by atoms with Crippen LogP contribution < -0.4 is 5.32 Å². The summed E-state index contributed by atoms with van der Waals surface area (Å²) in [6, 6.07) is 8.49. The Morgan fingerprint density at radius 1 is 1.23 bits per heavy atom. The van der Waals surface area contributed by atoms with E-state index in [1.807, 2.05) is 6.07 Å². The lowest BCUT2D eigenvalue weighted by Crippen LogP contribution is -2.18. The van der Waals surface area contributed by atoms with Gasteiger partial charge in [0.1, 0.15) is 0 Å². The van der Waals surface area contributed by atoms with E-state index in [0.29, 0.717) is 5.95 Å². The molecule has 1 atom stereocenters. The maximum atomic E-state index is 4.27. The molecule has 0 aliphatic heterocycles. The highest BCUT2D eigenvalue weighted by molar-refractivity contribution is 9.10. The first-order valence-electron chi connectivity index (χ1n) is 7.15. The van der Waals surface area contributed by atoms with E-state index in [1.54, 1.807) is 12.4 Å². The molecular weight excluding hydrogens is 364 g/mol. The van der Waals surface area contributed by atoms with Crippen molar-refractivity contribution in [3.8, 4) is 0 Å². The number of anilines is 1. The fraction of sp³-hybridized carbons (Fsp3) is 0.250. The van der Waals surface area contributed by atoms with Crippen molar-refractivity contribution in [3.05, 3.63) is 52.4 Å². The van der Waals surface area contributed by atoms with Gasteiger partial charge in [-0.15, -0.1) is 12.4 Å². The standard InChI is InChI=1S/C16H15BrN4.ClH/c17-10-5-6-13-12(9-10)11-3-1-4-14(15(11)20-13)21-16-18-7-2-8-19-16;/h2,5-9,14,20H,1,3-4H2,(H,18,19,21);1H. The lowest BCUT2D eigenvalue weighted by Gasteiger charge is -2.23. The van der Waals surface area contributed by atoms with E-state index in [1.165, 1.54) is 28.6 Å². The van der Waals surface area contributed by atoms with Crippen molar-refractivity contribution in [1.29, 1.82) is 0 Å². The molecule has 0 amide bonds. The van der Waals surface area contributed by atoms with E-state index < -0.39 is 0 Å². The summed E-state index contributed by atoms with van der Waals surface area (Å²) < 4.78 is 1.12. The van der Waals surface area contributed by atoms with Crippen LogP contribution in [0.25, 0.3) is 10.9 Å². The number of aryl methyl sites for hydroxylation is 1. The van der Waals surface area contributed by atoms with Crippen LogP contribution >= 0.6 is 28.3 Å². The van der Waals surface area contributed by atoms with Gasteiger partial charge in [-0.3, -0.25) is 0 Å². The molecule has 1 aliphatic rings.